The fourth-order valence-electron chi connectivity index (χ4n) is 1.22. The van der Waals surface area contributed by atoms with E-state index in [2.05, 4.69) is 21.2 Å². The highest BCUT2D eigenvalue weighted by atomic mass is 79.9. The molecule has 0 saturated carbocycles. The summed E-state index contributed by atoms with van der Waals surface area (Å²) >= 11 is 3.05. The van der Waals surface area contributed by atoms with Gasteiger partial charge in [-0.05, 0) is 34.0 Å². The van der Waals surface area contributed by atoms with E-state index >= 15 is 0 Å². The lowest BCUT2D eigenvalue weighted by molar-refractivity contribution is 0.0948. The Bertz CT molecular complexity index is 409. The maximum absolute atomic E-state index is 13.2. The van der Waals surface area contributed by atoms with Crippen molar-refractivity contribution in [2.75, 3.05) is 6.54 Å². The fraction of sp³-hybridized carbons (Fsp3) is 0.417. The Labute approximate surface area is 109 Å². The number of carbonyl (C=O) groups excluding carboxylic acids is 1. The lowest BCUT2D eigenvalue weighted by Gasteiger charge is -2.16. The van der Waals surface area contributed by atoms with Gasteiger partial charge in [-0.1, -0.05) is 19.9 Å². The summed E-state index contributed by atoms with van der Waals surface area (Å²) in [4.78, 5) is 11.8. The van der Waals surface area contributed by atoms with Crippen molar-refractivity contribution in [2.45, 2.75) is 19.9 Å². The molecule has 1 aromatic carbocycles. The molecule has 0 aromatic heterocycles. The molecule has 0 spiro atoms. The second-order valence-corrected chi connectivity index (χ2v) is 5.01. The van der Waals surface area contributed by atoms with E-state index in [-0.39, 0.29) is 27.9 Å². The Kier molecular flexibility index (Phi) is 5.08. The van der Waals surface area contributed by atoms with Crippen LogP contribution in [0.3, 0.4) is 0 Å². The van der Waals surface area contributed by atoms with Crippen LogP contribution in [-0.2, 0) is 0 Å². The van der Waals surface area contributed by atoms with E-state index in [1.807, 2.05) is 13.8 Å². The van der Waals surface area contributed by atoms with Crippen molar-refractivity contribution < 1.29 is 9.18 Å². The lowest BCUT2D eigenvalue weighted by atomic mass is 10.1. The summed E-state index contributed by atoms with van der Waals surface area (Å²) in [6.07, 6.45) is 0. The van der Waals surface area contributed by atoms with E-state index in [1.54, 1.807) is 6.07 Å². The first-order chi connectivity index (χ1) is 7.93. The van der Waals surface area contributed by atoms with E-state index in [0.717, 1.165) is 0 Å². The van der Waals surface area contributed by atoms with Crippen LogP contribution in [-0.4, -0.2) is 18.5 Å². The van der Waals surface area contributed by atoms with Gasteiger partial charge in [0.05, 0.1) is 10.0 Å². The summed E-state index contributed by atoms with van der Waals surface area (Å²) in [7, 11) is 0. The van der Waals surface area contributed by atoms with Crippen molar-refractivity contribution in [3.05, 3.63) is 34.1 Å². The highest BCUT2D eigenvalue weighted by molar-refractivity contribution is 9.10. The molecule has 3 nitrogen and oxygen atoms in total. The van der Waals surface area contributed by atoms with Gasteiger partial charge in [0.1, 0.15) is 5.82 Å². The molecule has 0 aliphatic carbocycles. The van der Waals surface area contributed by atoms with Crippen molar-refractivity contribution >= 4 is 21.8 Å². The second-order valence-electron chi connectivity index (χ2n) is 4.22. The standard InChI is InChI=1S/C12H16BrFN2O/c1-7(2)10(15)6-16-12(17)8-4-3-5-9(14)11(8)13/h3-5,7,10H,6,15H2,1-2H3,(H,16,17). The van der Waals surface area contributed by atoms with Gasteiger partial charge < -0.3 is 11.1 Å². The molecule has 17 heavy (non-hydrogen) atoms. The van der Waals surface area contributed by atoms with Crippen LogP contribution in [0.15, 0.2) is 22.7 Å². The van der Waals surface area contributed by atoms with Crippen molar-refractivity contribution in [3.8, 4) is 0 Å². The van der Waals surface area contributed by atoms with Crippen molar-refractivity contribution in [1.29, 1.82) is 0 Å². The molecule has 0 aliphatic rings. The van der Waals surface area contributed by atoms with Gasteiger partial charge in [0.2, 0.25) is 0 Å². The summed E-state index contributed by atoms with van der Waals surface area (Å²) in [5.74, 6) is -0.496. The van der Waals surface area contributed by atoms with Gasteiger partial charge in [0.25, 0.3) is 5.91 Å². The first-order valence-electron chi connectivity index (χ1n) is 5.41. The number of halogens is 2. The van der Waals surface area contributed by atoms with Crippen LogP contribution in [0, 0.1) is 11.7 Å². The molecule has 0 heterocycles. The number of benzene rings is 1. The normalized spacial score (nSPS) is 12.6. The molecule has 3 N–H and O–H groups in total. The minimum absolute atomic E-state index is 0.105. The van der Waals surface area contributed by atoms with Crippen molar-refractivity contribution in [1.82, 2.24) is 5.32 Å². The van der Waals surface area contributed by atoms with Gasteiger partial charge in [-0.15, -0.1) is 0 Å². The number of rotatable bonds is 4. The molecule has 1 atom stereocenters. The molecule has 5 heteroatoms. The Morgan fingerprint density at radius 3 is 2.76 bits per heavy atom. The molecule has 1 rings (SSSR count). The highest BCUT2D eigenvalue weighted by Gasteiger charge is 2.14. The van der Waals surface area contributed by atoms with Crippen LogP contribution >= 0.6 is 15.9 Å². The van der Waals surface area contributed by atoms with Gasteiger partial charge in [-0.2, -0.15) is 0 Å². The molecule has 0 bridgehead atoms. The van der Waals surface area contributed by atoms with Gasteiger partial charge in [0, 0.05) is 12.6 Å². The Hall–Kier alpha value is -0.940. The quantitative estimate of drug-likeness (QED) is 0.897. The zero-order valence-electron chi connectivity index (χ0n) is 9.84. The number of amides is 1. The third kappa shape index (κ3) is 3.78. The molecule has 0 aliphatic heterocycles. The van der Waals surface area contributed by atoms with E-state index in [1.165, 1.54) is 12.1 Å². The summed E-state index contributed by atoms with van der Waals surface area (Å²) in [6, 6.07) is 4.24. The third-order valence-electron chi connectivity index (χ3n) is 2.55. The van der Waals surface area contributed by atoms with E-state index < -0.39 is 5.82 Å². The highest BCUT2D eigenvalue weighted by Crippen LogP contribution is 2.20. The van der Waals surface area contributed by atoms with Crippen LogP contribution in [0.1, 0.15) is 24.2 Å². The largest absolute Gasteiger partial charge is 0.350 e. The maximum Gasteiger partial charge on any atom is 0.252 e. The molecular weight excluding hydrogens is 287 g/mol. The summed E-state index contributed by atoms with van der Waals surface area (Å²) < 4.78 is 13.4. The lowest BCUT2D eigenvalue weighted by Crippen LogP contribution is -2.40. The van der Waals surface area contributed by atoms with Crippen LogP contribution in [0.2, 0.25) is 0 Å². The van der Waals surface area contributed by atoms with Crippen molar-refractivity contribution in [2.24, 2.45) is 11.7 Å². The number of hydrogen-bond donors (Lipinski definition) is 2. The zero-order chi connectivity index (χ0) is 13.0. The maximum atomic E-state index is 13.2. The summed E-state index contributed by atoms with van der Waals surface area (Å²) in [5.41, 5.74) is 6.09. The fourth-order valence-corrected chi connectivity index (χ4v) is 1.67. The molecule has 1 amide bonds. The predicted molar refractivity (Wildman–Crippen MR) is 69.2 cm³/mol. The predicted octanol–water partition coefficient (Wildman–Crippen LogP) is 2.30. The molecule has 0 saturated heterocycles. The monoisotopic (exact) mass is 302 g/mol. The minimum atomic E-state index is -0.453. The number of nitrogens with one attached hydrogen (secondary N) is 1. The third-order valence-corrected chi connectivity index (χ3v) is 3.36. The van der Waals surface area contributed by atoms with Crippen LogP contribution in [0.25, 0.3) is 0 Å². The first-order valence-corrected chi connectivity index (χ1v) is 6.20. The Balaban J connectivity index is 2.68. The van der Waals surface area contributed by atoms with Crippen molar-refractivity contribution in [3.63, 3.8) is 0 Å². The smallest absolute Gasteiger partial charge is 0.252 e. The zero-order valence-corrected chi connectivity index (χ0v) is 11.4. The minimum Gasteiger partial charge on any atom is -0.350 e. The Morgan fingerprint density at radius 2 is 2.18 bits per heavy atom. The molecule has 0 fully saturated rings. The summed E-state index contributed by atoms with van der Waals surface area (Å²) in [6.45, 7) is 4.34. The molecular formula is C12H16BrFN2O. The molecule has 1 unspecified atom stereocenters. The molecule has 0 radical (unpaired) electrons. The van der Waals surface area contributed by atoms with Gasteiger partial charge in [-0.3, -0.25) is 4.79 Å². The van der Waals surface area contributed by atoms with Crippen LogP contribution < -0.4 is 11.1 Å². The average Bonchev–Trinajstić information content (AvgIpc) is 2.29. The number of carbonyl (C=O) groups is 1. The average molecular weight is 303 g/mol. The van der Waals surface area contributed by atoms with E-state index in [9.17, 15) is 9.18 Å². The van der Waals surface area contributed by atoms with E-state index in [0.29, 0.717) is 6.54 Å². The topological polar surface area (TPSA) is 55.1 Å². The number of hydrogen-bond acceptors (Lipinski definition) is 2. The molecule has 94 valence electrons. The summed E-state index contributed by atoms with van der Waals surface area (Å²) in [5, 5.41) is 2.69. The van der Waals surface area contributed by atoms with E-state index in [4.69, 9.17) is 5.73 Å². The molecule has 1 aromatic rings. The van der Waals surface area contributed by atoms with Gasteiger partial charge in [-0.25, -0.2) is 4.39 Å². The van der Waals surface area contributed by atoms with Crippen LogP contribution in [0.4, 0.5) is 4.39 Å². The van der Waals surface area contributed by atoms with Gasteiger partial charge >= 0.3 is 0 Å². The van der Waals surface area contributed by atoms with Crippen LogP contribution in [0.5, 0.6) is 0 Å². The SMILES string of the molecule is CC(C)C(N)CNC(=O)c1cccc(F)c1Br. The Morgan fingerprint density at radius 1 is 1.53 bits per heavy atom. The number of nitrogens with two attached hydrogens (primary N) is 1. The first kappa shape index (κ1) is 14.1. The second kappa shape index (κ2) is 6.12. The van der Waals surface area contributed by atoms with Gasteiger partial charge in [0.15, 0.2) is 0 Å².